The lowest BCUT2D eigenvalue weighted by Gasteiger charge is -2.41. The molecule has 1 aliphatic heterocycles. The number of likely N-dealkylation sites (tertiary alicyclic amines) is 1. The van der Waals surface area contributed by atoms with Gasteiger partial charge in [-0.3, -0.25) is 14.9 Å². The second kappa shape index (κ2) is 6.44. The molecule has 0 radical (unpaired) electrons. The number of nitrogens with zero attached hydrogens (tertiary/aromatic N) is 2. The van der Waals surface area contributed by atoms with Crippen molar-refractivity contribution in [2.24, 2.45) is 0 Å². The summed E-state index contributed by atoms with van der Waals surface area (Å²) < 4.78 is 0.736. The highest BCUT2D eigenvalue weighted by Gasteiger charge is 2.35. The lowest BCUT2D eigenvalue weighted by atomic mass is 10.0. The van der Waals surface area contributed by atoms with E-state index in [0.29, 0.717) is 11.3 Å². The van der Waals surface area contributed by atoms with Crippen LogP contribution in [0.3, 0.4) is 0 Å². The van der Waals surface area contributed by atoms with Gasteiger partial charge in [0.2, 0.25) is 0 Å². The number of hydrogen-bond acceptors (Lipinski definition) is 3. The minimum atomic E-state index is -0.424. The Kier molecular flexibility index (Phi) is 4.81. The third-order valence-electron chi connectivity index (χ3n) is 4.83. The van der Waals surface area contributed by atoms with Crippen molar-refractivity contribution in [1.82, 2.24) is 0 Å². The molecule has 6 heteroatoms. The molecule has 0 saturated carbocycles. The summed E-state index contributed by atoms with van der Waals surface area (Å²) in [5.41, 5.74) is 1.10. The molecule has 0 unspecified atom stereocenters. The number of carbonyl (C=O) groups excluding carboxylic acids is 1. The monoisotopic (exact) mass is 306 g/mol. The predicted molar refractivity (Wildman–Crippen MR) is 85.7 cm³/mol. The molecule has 1 aromatic rings. The van der Waals surface area contributed by atoms with Crippen molar-refractivity contribution in [1.29, 1.82) is 0 Å². The van der Waals surface area contributed by atoms with Gasteiger partial charge in [-0.2, -0.15) is 0 Å². The summed E-state index contributed by atoms with van der Waals surface area (Å²) in [6.07, 6.45) is 3.51. The maximum Gasteiger partial charge on any atom is 0.282 e. The van der Waals surface area contributed by atoms with Crippen molar-refractivity contribution in [3.05, 3.63) is 33.9 Å². The Morgan fingerprint density at radius 3 is 2.55 bits per heavy atom. The number of amides is 1. The van der Waals surface area contributed by atoms with Gasteiger partial charge in [-0.1, -0.05) is 6.07 Å². The Hall–Kier alpha value is -1.95. The Morgan fingerprint density at radius 2 is 1.95 bits per heavy atom. The van der Waals surface area contributed by atoms with E-state index in [2.05, 4.69) is 12.4 Å². The molecule has 0 aromatic heterocycles. The van der Waals surface area contributed by atoms with Gasteiger partial charge in [0, 0.05) is 17.3 Å². The Labute approximate surface area is 130 Å². The highest BCUT2D eigenvalue weighted by Crippen LogP contribution is 2.24. The first-order chi connectivity index (χ1) is 10.3. The highest BCUT2D eigenvalue weighted by molar-refractivity contribution is 5.94. The second-order valence-corrected chi connectivity index (χ2v) is 6.41. The van der Waals surface area contributed by atoms with Gasteiger partial charge in [-0.25, -0.2) is 0 Å². The number of anilines is 1. The highest BCUT2D eigenvalue weighted by atomic mass is 16.6. The van der Waals surface area contributed by atoms with Crippen molar-refractivity contribution in [3.8, 4) is 0 Å². The number of rotatable bonds is 4. The average Bonchev–Trinajstić information content (AvgIpc) is 2.48. The number of hydrogen-bond donors (Lipinski definition) is 1. The fourth-order valence-corrected chi connectivity index (χ4v) is 3.04. The third-order valence-corrected chi connectivity index (χ3v) is 4.83. The van der Waals surface area contributed by atoms with E-state index in [1.54, 1.807) is 19.1 Å². The number of aryl methyl sites for hydroxylation is 1. The minimum absolute atomic E-state index is 0.0313. The summed E-state index contributed by atoms with van der Waals surface area (Å²) in [5, 5.41) is 13.8. The van der Waals surface area contributed by atoms with Gasteiger partial charge < -0.3 is 9.80 Å². The summed E-state index contributed by atoms with van der Waals surface area (Å²) >= 11 is 0. The minimum Gasteiger partial charge on any atom is -0.321 e. The van der Waals surface area contributed by atoms with Crippen LogP contribution in [-0.4, -0.2) is 41.5 Å². The van der Waals surface area contributed by atoms with Crippen molar-refractivity contribution >= 4 is 17.3 Å². The molecule has 2 rings (SSSR count). The van der Waals surface area contributed by atoms with Crippen LogP contribution >= 0.6 is 0 Å². The number of benzene rings is 1. The molecule has 0 spiro atoms. The van der Waals surface area contributed by atoms with Gasteiger partial charge in [0.15, 0.2) is 6.04 Å². The molecule has 120 valence electrons. The molecule has 1 aliphatic rings. The predicted octanol–water partition coefficient (Wildman–Crippen LogP) is 2.86. The van der Waals surface area contributed by atoms with E-state index in [1.165, 1.54) is 12.5 Å². The van der Waals surface area contributed by atoms with Crippen molar-refractivity contribution in [2.75, 3.05) is 25.5 Å². The van der Waals surface area contributed by atoms with Crippen LogP contribution in [-0.2, 0) is 4.79 Å². The zero-order chi connectivity index (χ0) is 16.3. The zero-order valence-corrected chi connectivity index (χ0v) is 13.5. The van der Waals surface area contributed by atoms with Crippen LogP contribution in [0.4, 0.5) is 11.4 Å². The topological polar surface area (TPSA) is 72.2 Å². The van der Waals surface area contributed by atoms with Crippen LogP contribution in [0.2, 0.25) is 0 Å². The molecule has 1 fully saturated rings. The van der Waals surface area contributed by atoms with Crippen molar-refractivity contribution in [2.45, 2.75) is 39.2 Å². The van der Waals surface area contributed by atoms with E-state index in [1.807, 2.05) is 6.92 Å². The van der Waals surface area contributed by atoms with E-state index >= 15 is 0 Å². The second-order valence-electron chi connectivity index (χ2n) is 6.41. The van der Waals surface area contributed by atoms with Gasteiger partial charge >= 0.3 is 0 Å². The Bertz CT molecular complexity index is 580. The van der Waals surface area contributed by atoms with Crippen LogP contribution in [0.15, 0.2) is 18.2 Å². The average molecular weight is 306 g/mol. The molecule has 1 atom stereocenters. The van der Waals surface area contributed by atoms with E-state index in [-0.39, 0.29) is 17.6 Å². The fourth-order valence-electron chi connectivity index (χ4n) is 3.04. The summed E-state index contributed by atoms with van der Waals surface area (Å²) in [6.45, 7) is 5.63. The fraction of sp³-hybridized carbons (Fsp3) is 0.562. The van der Waals surface area contributed by atoms with Gasteiger partial charge in [-0.05, 0) is 39.2 Å². The molecule has 22 heavy (non-hydrogen) atoms. The first kappa shape index (κ1) is 16.4. The molecular formula is C16H24N3O3+. The normalized spacial score (nSPS) is 18.5. The lowest BCUT2D eigenvalue weighted by Crippen LogP contribution is -2.58. The van der Waals surface area contributed by atoms with Crippen LogP contribution < -0.4 is 5.32 Å². The Morgan fingerprint density at radius 1 is 1.32 bits per heavy atom. The molecule has 1 saturated heterocycles. The Balaban J connectivity index is 2.11. The van der Waals surface area contributed by atoms with E-state index < -0.39 is 4.92 Å². The zero-order valence-electron chi connectivity index (χ0n) is 13.5. The van der Waals surface area contributed by atoms with Gasteiger partial charge in [0.05, 0.1) is 25.1 Å². The number of carbonyl (C=O) groups is 1. The maximum absolute atomic E-state index is 12.5. The smallest absolute Gasteiger partial charge is 0.282 e. The van der Waals surface area contributed by atoms with Crippen molar-refractivity contribution < 1.29 is 14.2 Å². The number of nitrogens with one attached hydrogen (secondary N) is 1. The van der Waals surface area contributed by atoms with Crippen LogP contribution in [0.5, 0.6) is 0 Å². The third kappa shape index (κ3) is 3.44. The summed E-state index contributed by atoms with van der Waals surface area (Å²) in [5.74, 6) is -0.0810. The number of nitro benzene ring substituents is 1. The summed E-state index contributed by atoms with van der Waals surface area (Å²) in [6, 6.07) is 4.63. The number of piperidine rings is 1. The SMILES string of the molecule is Cc1ccc(NC(=O)[C@H](C)[N+]2(C)CCCCC2)cc1[N+](=O)[O-]. The molecule has 0 aliphatic carbocycles. The first-order valence-electron chi connectivity index (χ1n) is 7.73. The van der Waals surface area contributed by atoms with Crippen LogP contribution in [0.1, 0.15) is 31.7 Å². The standard InChI is InChI=1S/C16H23N3O3/c1-12-7-8-14(11-15(12)18(21)22)17-16(20)13(2)19(3)9-5-4-6-10-19/h7-8,11,13H,4-6,9-10H2,1-3H3/p+1/t13-/m0/s1. The molecule has 1 N–H and O–H groups in total. The van der Waals surface area contributed by atoms with Crippen LogP contribution in [0.25, 0.3) is 0 Å². The number of nitro groups is 1. The molecule has 6 nitrogen and oxygen atoms in total. The summed E-state index contributed by atoms with van der Waals surface area (Å²) in [4.78, 5) is 23.0. The van der Waals surface area contributed by atoms with Gasteiger partial charge in [0.25, 0.3) is 11.6 Å². The van der Waals surface area contributed by atoms with Crippen LogP contribution in [0, 0.1) is 17.0 Å². The van der Waals surface area contributed by atoms with E-state index in [4.69, 9.17) is 0 Å². The molecule has 1 aromatic carbocycles. The molecule has 1 heterocycles. The van der Waals surface area contributed by atoms with Gasteiger partial charge in [0.1, 0.15) is 0 Å². The molecule has 0 bridgehead atoms. The van der Waals surface area contributed by atoms with Crippen molar-refractivity contribution in [3.63, 3.8) is 0 Å². The number of quaternary nitrogens is 1. The lowest BCUT2D eigenvalue weighted by molar-refractivity contribution is -0.926. The van der Waals surface area contributed by atoms with E-state index in [0.717, 1.165) is 30.4 Å². The van der Waals surface area contributed by atoms with E-state index in [9.17, 15) is 14.9 Å². The molecular weight excluding hydrogens is 282 g/mol. The quantitative estimate of drug-likeness (QED) is 0.528. The maximum atomic E-state index is 12.5. The summed E-state index contributed by atoms with van der Waals surface area (Å²) in [7, 11) is 2.11. The van der Waals surface area contributed by atoms with Gasteiger partial charge in [-0.15, -0.1) is 0 Å². The molecule has 1 amide bonds. The number of likely N-dealkylation sites (N-methyl/N-ethyl adjacent to an activating group) is 1. The largest absolute Gasteiger partial charge is 0.321 e. The first-order valence-corrected chi connectivity index (χ1v) is 7.73.